The van der Waals surface area contributed by atoms with Gasteiger partial charge in [0.05, 0.1) is 19.6 Å². The summed E-state index contributed by atoms with van der Waals surface area (Å²) in [5.41, 5.74) is 0. The number of likely N-dealkylation sites (N-methyl/N-ethyl adjacent to an activating group) is 1. The molecule has 2 unspecified atom stereocenters. The number of aliphatic hydroxyl groups is 1. The summed E-state index contributed by atoms with van der Waals surface area (Å²) in [5.74, 6) is -1.02. The van der Waals surface area contributed by atoms with Gasteiger partial charge in [-0.25, -0.2) is 0 Å². The number of quaternary nitrogens is 1. The van der Waals surface area contributed by atoms with Crippen molar-refractivity contribution in [2.45, 2.75) is 129 Å². The number of carboxylic acids is 1. The van der Waals surface area contributed by atoms with E-state index in [1.165, 1.54) is 83.5 Å². The van der Waals surface area contributed by atoms with E-state index in [-0.39, 0.29) is 6.54 Å². The summed E-state index contributed by atoms with van der Waals surface area (Å²) in [4.78, 5) is 11.0. The Bertz CT molecular complexity index is 375. The van der Waals surface area contributed by atoms with E-state index in [1.807, 2.05) is 7.05 Å². The molecule has 4 heteroatoms. The SMILES string of the molecule is CCCCCCCCCCCCCCCCC(O)C[N+](C)(CCCC)CC(=O)[O-]. The van der Waals surface area contributed by atoms with E-state index in [1.54, 1.807) is 0 Å². The zero-order valence-electron chi connectivity index (χ0n) is 19.9. The number of carbonyl (C=O) groups is 1. The first-order valence-electron chi connectivity index (χ1n) is 12.6. The maximum Gasteiger partial charge on any atom is 0.119 e. The fourth-order valence-corrected chi connectivity index (χ4v) is 4.26. The predicted molar refractivity (Wildman–Crippen MR) is 122 cm³/mol. The van der Waals surface area contributed by atoms with Crippen LogP contribution in [0.4, 0.5) is 0 Å². The number of carboxylic acid groups (broad SMARTS) is 1. The Kier molecular flexibility index (Phi) is 19.0. The number of carbonyl (C=O) groups excluding carboxylic acids is 1. The molecule has 0 bridgehead atoms. The molecule has 0 aromatic heterocycles. The first-order valence-corrected chi connectivity index (χ1v) is 12.6. The Morgan fingerprint density at radius 2 is 1.17 bits per heavy atom. The summed E-state index contributed by atoms with van der Waals surface area (Å²) < 4.78 is 0.385. The van der Waals surface area contributed by atoms with Gasteiger partial charge < -0.3 is 19.5 Å². The molecule has 0 fully saturated rings. The highest BCUT2D eigenvalue weighted by atomic mass is 16.4. The van der Waals surface area contributed by atoms with Crippen molar-refractivity contribution in [3.8, 4) is 0 Å². The van der Waals surface area contributed by atoms with Gasteiger partial charge in [-0.3, -0.25) is 0 Å². The highest BCUT2D eigenvalue weighted by Gasteiger charge is 2.25. The van der Waals surface area contributed by atoms with Gasteiger partial charge in [0.1, 0.15) is 19.2 Å². The second kappa shape index (κ2) is 19.4. The van der Waals surface area contributed by atoms with E-state index in [0.717, 1.165) is 32.2 Å². The van der Waals surface area contributed by atoms with Gasteiger partial charge in [-0.15, -0.1) is 0 Å². The molecule has 1 N–H and O–H groups in total. The van der Waals surface area contributed by atoms with Crippen molar-refractivity contribution < 1.29 is 19.5 Å². The Balaban J connectivity index is 3.60. The van der Waals surface area contributed by atoms with Crippen LogP contribution in [0.15, 0.2) is 0 Å². The van der Waals surface area contributed by atoms with Crippen molar-refractivity contribution in [2.75, 3.05) is 26.7 Å². The summed E-state index contributed by atoms with van der Waals surface area (Å²) >= 11 is 0. The van der Waals surface area contributed by atoms with Crippen molar-refractivity contribution in [3.05, 3.63) is 0 Å². The first kappa shape index (κ1) is 28.4. The largest absolute Gasteiger partial charge is 0.544 e. The van der Waals surface area contributed by atoms with E-state index in [4.69, 9.17) is 0 Å². The lowest BCUT2D eigenvalue weighted by Crippen LogP contribution is -2.55. The molecule has 0 aromatic carbocycles. The fraction of sp³-hybridized carbons (Fsp3) is 0.960. The van der Waals surface area contributed by atoms with Gasteiger partial charge in [-0.1, -0.05) is 110 Å². The Hall–Kier alpha value is -0.610. The van der Waals surface area contributed by atoms with Crippen LogP contribution in [-0.4, -0.2) is 48.3 Å². The van der Waals surface area contributed by atoms with Crippen LogP contribution in [0, 0.1) is 0 Å². The molecule has 0 saturated carbocycles. The van der Waals surface area contributed by atoms with Crippen LogP contribution in [0.25, 0.3) is 0 Å². The third kappa shape index (κ3) is 19.1. The average Bonchev–Trinajstić information content (AvgIpc) is 2.66. The minimum atomic E-state index is -1.02. The number of nitrogens with zero attached hydrogens (tertiary/aromatic N) is 1. The number of aliphatic hydroxyl groups excluding tert-OH is 1. The van der Waals surface area contributed by atoms with Gasteiger partial charge in [0, 0.05) is 0 Å². The molecule has 0 aromatic rings. The Morgan fingerprint density at radius 1 is 0.759 bits per heavy atom. The van der Waals surface area contributed by atoms with E-state index < -0.39 is 12.1 Å². The standard InChI is InChI=1S/C25H51NO3/c1-4-6-8-9-10-11-12-13-14-15-16-17-18-19-20-24(27)22-26(3,21-7-5-2)23-25(28)29/h24,27H,4-23H2,1-3H3. The highest BCUT2D eigenvalue weighted by molar-refractivity contribution is 5.65. The van der Waals surface area contributed by atoms with Crippen LogP contribution in [0.5, 0.6) is 0 Å². The van der Waals surface area contributed by atoms with Crippen molar-refractivity contribution in [1.29, 1.82) is 0 Å². The lowest BCUT2D eigenvalue weighted by atomic mass is 10.0. The Labute approximate surface area is 181 Å². The molecule has 0 aliphatic carbocycles. The predicted octanol–water partition coefficient (Wildman–Crippen LogP) is 5.22. The minimum Gasteiger partial charge on any atom is -0.544 e. The number of unbranched alkanes of at least 4 members (excludes halogenated alkanes) is 14. The maximum atomic E-state index is 11.0. The number of hydrogen-bond acceptors (Lipinski definition) is 3. The van der Waals surface area contributed by atoms with Crippen molar-refractivity contribution in [2.24, 2.45) is 0 Å². The zero-order chi connectivity index (χ0) is 21.8. The molecule has 0 aliphatic rings. The molecule has 29 heavy (non-hydrogen) atoms. The van der Waals surface area contributed by atoms with Gasteiger partial charge in [0.25, 0.3) is 0 Å². The molecule has 0 rings (SSSR count). The van der Waals surface area contributed by atoms with Crippen LogP contribution in [-0.2, 0) is 4.79 Å². The van der Waals surface area contributed by atoms with Crippen molar-refractivity contribution in [3.63, 3.8) is 0 Å². The minimum absolute atomic E-state index is 0.00417. The van der Waals surface area contributed by atoms with Crippen LogP contribution >= 0.6 is 0 Å². The van der Waals surface area contributed by atoms with Gasteiger partial charge in [-0.2, -0.15) is 0 Å². The topological polar surface area (TPSA) is 60.4 Å². The summed E-state index contributed by atoms with van der Waals surface area (Å²) in [6.07, 6.45) is 21.1. The third-order valence-corrected chi connectivity index (χ3v) is 6.10. The van der Waals surface area contributed by atoms with Crippen LogP contribution in [0.3, 0.4) is 0 Å². The molecule has 174 valence electrons. The second-order valence-corrected chi connectivity index (χ2v) is 9.45. The van der Waals surface area contributed by atoms with Gasteiger partial charge in [0.2, 0.25) is 0 Å². The van der Waals surface area contributed by atoms with E-state index >= 15 is 0 Å². The number of aliphatic carboxylic acids is 1. The molecule has 4 nitrogen and oxygen atoms in total. The fourth-order valence-electron chi connectivity index (χ4n) is 4.26. The molecular formula is C25H51NO3. The van der Waals surface area contributed by atoms with Gasteiger partial charge in [0.15, 0.2) is 0 Å². The quantitative estimate of drug-likeness (QED) is 0.196. The maximum absolute atomic E-state index is 11.0. The first-order chi connectivity index (χ1) is 13.9. The van der Waals surface area contributed by atoms with E-state index in [2.05, 4.69) is 13.8 Å². The molecule has 0 radical (unpaired) electrons. The molecule has 0 amide bonds. The molecule has 0 saturated heterocycles. The normalized spacial score (nSPS) is 14.6. The molecule has 0 heterocycles. The van der Waals surface area contributed by atoms with Crippen molar-refractivity contribution in [1.82, 2.24) is 0 Å². The molecule has 2 atom stereocenters. The van der Waals surface area contributed by atoms with Crippen LogP contribution < -0.4 is 5.11 Å². The van der Waals surface area contributed by atoms with E-state index in [9.17, 15) is 15.0 Å². The van der Waals surface area contributed by atoms with Crippen molar-refractivity contribution >= 4 is 5.97 Å². The summed E-state index contributed by atoms with van der Waals surface area (Å²) in [5, 5.41) is 21.4. The lowest BCUT2D eigenvalue weighted by Gasteiger charge is -2.36. The Morgan fingerprint density at radius 3 is 1.59 bits per heavy atom. The molecule has 0 aliphatic heterocycles. The number of hydrogen-bond donors (Lipinski definition) is 1. The third-order valence-electron chi connectivity index (χ3n) is 6.10. The lowest BCUT2D eigenvalue weighted by molar-refractivity contribution is -0.907. The summed E-state index contributed by atoms with van der Waals surface area (Å²) in [6, 6.07) is 0. The smallest absolute Gasteiger partial charge is 0.119 e. The number of rotatable bonds is 22. The van der Waals surface area contributed by atoms with Gasteiger partial charge in [-0.05, 0) is 12.8 Å². The summed E-state index contributed by atoms with van der Waals surface area (Å²) in [6.45, 7) is 5.68. The molecule has 0 spiro atoms. The monoisotopic (exact) mass is 413 g/mol. The average molecular weight is 414 g/mol. The van der Waals surface area contributed by atoms with Crippen LogP contribution in [0.1, 0.15) is 123 Å². The highest BCUT2D eigenvalue weighted by Crippen LogP contribution is 2.15. The van der Waals surface area contributed by atoms with Crippen LogP contribution in [0.2, 0.25) is 0 Å². The van der Waals surface area contributed by atoms with Gasteiger partial charge >= 0.3 is 0 Å². The zero-order valence-corrected chi connectivity index (χ0v) is 19.9. The second-order valence-electron chi connectivity index (χ2n) is 9.45. The van der Waals surface area contributed by atoms with E-state index in [0.29, 0.717) is 11.0 Å². The summed E-state index contributed by atoms with van der Waals surface area (Å²) in [7, 11) is 1.93. The molecular weight excluding hydrogens is 362 g/mol.